The van der Waals surface area contributed by atoms with E-state index in [0.29, 0.717) is 32.6 Å². The maximum Gasteiger partial charge on any atom is 0.425 e. The number of rotatable bonds is 11. The molecule has 1 aliphatic rings. The van der Waals surface area contributed by atoms with Crippen LogP contribution in [0.4, 0.5) is 23.7 Å². The summed E-state index contributed by atoms with van der Waals surface area (Å²) in [4.78, 5) is 39.1. The van der Waals surface area contributed by atoms with Gasteiger partial charge < -0.3 is 24.4 Å². The molecule has 1 N–H and O–H groups in total. The van der Waals surface area contributed by atoms with E-state index in [1.54, 1.807) is 13.8 Å². The van der Waals surface area contributed by atoms with Crippen molar-refractivity contribution in [2.75, 3.05) is 38.0 Å². The average molecular weight is 546 g/mol. The molecular formula is C26H38F3N3O6. The van der Waals surface area contributed by atoms with E-state index in [4.69, 9.17) is 9.47 Å². The quantitative estimate of drug-likeness (QED) is 0.247. The number of carbonyl (C=O) groups is 3. The van der Waals surface area contributed by atoms with E-state index in [1.165, 1.54) is 11.8 Å². The lowest BCUT2D eigenvalue weighted by molar-refractivity contribution is -0.200. The van der Waals surface area contributed by atoms with Crippen LogP contribution in [-0.2, 0) is 30.3 Å². The van der Waals surface area contributed by atoms with E-state index >= 15 is 0 Å². The van der Waals surface area contributed by atoms with Gasteiger partial charge in [0.15, 0.2) is 6.10 Å². The summed E-state index contributed by atoms with van der Waals surface area (Å²) in [6.45, 7) is 10.3. The third kappa shape index (κ3) is 10.4. The number of esters is 2. The van der Waals surface area contributed by atoms with Crippen molar-refractivity contribution in [3.63, 3.8) is 0 Å². The minimum atomic E-state index is -4.59. The number of nitrogens with one attached hydrogen (secondary N) is 1. The smallest absolute Gasteiger partial charge is 0.425 e. The average Bonchev–Trinajstić information content (AvgIpc) is 2.82. The molecule has 0 bridgehead atoms. The van der Waals surface area contributed by atoms with Gasteiger partial charge in [-0.3, -0.25) is 14.5 Å². The maximum atomic E-state index is 12.7. The lowest BCUT2D eigenvalue weighted by atomic mass is 10.1. The first kappa shape index (κ1) is 31.2. The molecule has 38 heavy (non-hydrogen) atoms. The Morgan fingerprint density at radius 1 is 1.00 bits per heavy atom. The molecule has 214 valence electrons. The predicted molar refractivity (Wildman–Crippen MR) is 134 cm³/mol. The Morgan fingerprint density at radius 3 is 2.26 bits per heavy atom. The highest BCUT2D eigenvalue weighted by Gasteiger charge is 2.40. The first-order valence-corrected chi connectivity index (χ1v) is 12.7. The molecule has 1 aliphatic heterocycles. The van der Waals surface area contributed by atoms with Gasteiger partial charge in [-0.1, -0.05) is 26.0 Å². The van der Waals surface area contributed by atoms with Gasteiger partial charge in [0.05, 0.1) is 5.92 Å². The lowest BCUT2D eigenvalue weighted by Crippen LogP contribution is -2.49. The highest BCUT2D eigenvalue weighted by atomic mass is 19.4. The van der Waals surface area contributed by atoms with E-state index in [-0.39, 0.29) is 25.4 Å². The SMILES string of the molecule is Cc1ccc(CN2CCN(C(=O)OC(C)C(F)(F)F)CC2)c(NCCCC(=O)OC(C)OC(=O)C(C)C)c1. The largest absolute Gasteiger partial charge is 0.437 e. The van der Waals surface area contributed by atoms with E-state index in [9.17, 15) is 27.6 Å². The molecule has 0 radical (unpaired) electrons. The summed E-state index contributed by atoms with van der Waals surface area (Å²) >= 11 is 0. The summed E-state index contributed by atoms with van der Waals surface area (Å²) in [5.41, 5.74) is 3.00. The van der Waals surface area contributed by atoms with E-state index in [1.807, 2.05) is 25.1 Å². The van der Waals surface area contributed by atoms with Gasteiger partial charge in [-0.2, -0.15) is 13.2 Å². The minimum Gasteiger partial charge on any atom is -0.437 e. The number of nitrogens with zero attached hydrogens (tertiary/aromatic N) is 2. The summed E-state index contributed by atoms with van der Waals surface area (Å²) in [6.07, 6.45) is -7.98. The van der Waals surface area contributed by atoms with Crippen LogP contribution in [0.2, 0.25) is 0 Å². The van der Waals surface area contributed by atoms with Crippen LogP contribution in [0.3, 0.4) is 0 Å². The molecule has 2 rings (SSSR count). The van der Waals surface area contributed by atoms with Gasteiger partial charge in [0.25, 0.3) is 0 Å². The standard InChI is InChI=1S/C26H38F3N3O6/c1-17(2)24(34)38-20(5)37-23(33)7-6-10-30-22-15-18(3)8-9-21(22)16-31-11-13-32(14-12-31)25(35)36-19(4)26(27,28)29/h8-9,15,17,19-20,30H,6-7,10-14,16H2,1-5H3. The third-order valence-corrected chi connectivity index (χ3v) is 5.95. The van der Waals surface area contributed by atoms with Gasteiger partial charge in [-0.25, -0.2) is 4.79 Å². The number of aryl methyl sites for hydroxylation is 1. The minimum absolute atomic E-state index is 0.155. The zero-order chi connectivity index (χ0) is 28.5. The molecule has 0 aliphatic carbocycles. The van der Waals surface area contributed by atoms with Crippen molar-refractivity contribution in [2.45, 2.75) is 72.6 Å². The first-order chi connectivity index (χ1) is 17.8. The monoisotopic (exact) mass is 545 g/mol. The lowest BCUT2D eigenvalue weighted by Gasteiger charge is -2.35. The highest BCUT2D eigenvalue weighted by molar-refractivity contribution is 5.72. The number of benzene rings is 1. The van der Waals surface area contributed by atoms with E-state index in [2.05, 4.69) is 15.0 Å². The second-order valence-electron chi connectivity index (χ2n) is 9.67. The fourth-order valence-corrected chi connectivity index (χ4v) is 3.64. The second kappa shape index (κ2) is 14.2. The molecule has 0 saturated carbocycles. The Kier molecular flexibility index (Phi) is 11.7. The van der Waals surface area contributed by atoms with Gasteiger partial charge in [0, 0.05) is 58.3 Å². The fourth-order valence-electron chi connectivity index (χ4n) is 3.64. The zero-order valence-corrected chi connectivity index (χ0v) is 22.6. The van der Waals surface area contributed by atoms with Crippen LogP contribution in [0.5, 0.6) is 0 Å². The van der Waals surface area contributed by atoms with Gasteiger partial charge in [-0.15, -0.1) is 0 Å². The molecule has 12 heteroatoms. The van der Waals surface area contributed by atoms with E-state index in [0.717, 1.165) is 23.7 Å². The summed E-state index contributed by atoms with van der Waals surface area (Å²) in [5, 5.41) is 3.35. The molecule has 1 saturated heterocycles. The number of halogens is 3. The van der Waals surface area contributed by atoms with Crippen LogP contribution in [0.25, 0.3) is 0 Å². The summed E-state index contributed by atoms with van der Waals surface area (Å²) in [7, 11) is 0. The maximum absolute atomic E-state index is 12.7. The molecule has 1 heterocycles. The van der Waals surface area contributed by atoms with Crippen molar-refractivity contribution in [1.82, 2.24) is 9.80 Å². The number of amides is 1. The molecule has 1 aromatic carbocycles. The van der Waals surface area contributed by atoms with Gasteiger partial charge in [0.1, 0.15) is 0 Å². The normalized spacial score (nSPS) is 16.1. The topological polar surface area (TPSA) is 97.4 Å². The molecule has 1 amide bonds. The van der Waals surface area contributed by atoms with Crippen molar-refractivity contribution in [3.8, 4) is 0 Å². The van der Waals surface area contributed by atoms with Crippen molar-refractivity contribution in [2.24, 2.45) is 5.92 Å². The van der Waals surface area contributed by atoms with Crippen LogP contribution in [0.15, 0.2) is 18.2 Å². The number of hydrogen-bond donors (Lipinski definition) is 1. The van der Waals surface area contributed by atoms with Crippen LogP contribution in [0.1, 0.15) is 51.7 Å². The first-order valence-electron chi connectivity index (χ1n) is 12.7. The number of anilines is 1. The van der Waals surface area contributed by atoms with Crippen LogP contribution >= 0.6 is 0 Å². The Balaban J connectivity index is 1.80. The van der Waals surface area contributed by atoms with Crippen LogP contribution < -0.4 is 5.32 Å². The highest BCUT2D eigenvalue weighted by Crippen LogP contribution is 2.24. The van der Waals surface area contributed by atoms with Gasteiger partial charge in [0.2, 0.25) is 6.29 Å². The molecule has 0 aromatic heterocycles. The Morgan fingerprint density at radius 2 is 1.66 bits per heavy atom. The molecular weight excluding hydrogens is 507 g/mol. The predicted octanol–water partition coefficient (Wildman–Crippen LogP) is 4.48. The Bertz CT molecular complexity index is 949. The van der Waals surface area contributed by atoms with Gasteiger partial charge >= 0.3 is 24.2 Å². The van der Waals surface area contributed by atoms with Crippen LogP contribution in [0, 0.1) is 12.8 Å². The van der Waals surface area contributed by atoms with Crippen molar-refractivity contribution >= 4 is 23.7 Å². The zero-order valence-electron chi connectivity index (χ0n) is 22.6. The molecule has 1 fully saturated rings. The Hall–Kier alpha value is -3.02. The van der Waals surface area contributed by atoms with Crippen molar-refractivity contribution < 1.29 is 41.8 Å². The fraction of sp³-hybridized carbons (Fsp3) is 0.654. The summed E-state index contributed by atoms with van der Waals surface area (Å²) in [5.74, 6) is -1.20. The third-order valence-electron chi connectivity index (χ3n) is 5.95. The van der Waals surface area contributed by atoms with Crippen LogP contribution in [-0.4, -0.2) is 79.1 Å². The van der Waals surface area contributed by atoms with Crippen molar-refractivity contribution in [1.29, 1.82) is 0 Å². The second-order valence-corrected chi connectivity index (χ2v) is 9.67. The number of carbonyl (C=O) groups excluding carboxylic acids is 3. The number of piperazine rings is 1. The molecule has 2 unspecified atom stereocenters. The van der Waals surface area contributed by atoms with Crippen molar-refractivity contribution in [3.05, 3.63) is 29.3 Å². The van der Waals surface area contributed by atoms with Gasteiger partial charge in [-0.05, 0) is 37.5 Å². The molecule has 9 nitrogen and oxygen atoms in total. The number of hydrogen-bond acceptors (Lipinski definition) is 8. The Labute approximate surface area is 221 Å². The van der Waals surface area contributed by atoms with E-state index < -0.39 is 36.6 Å². The molecule has 2 atom stereocenters. The molecule has 1 aromatic rings. The number of ether oxygens (including phenoxy) is 3. The number of alkyl halides is 3. The molecule has 0 spiro atoms. The summed E-state index contributed by atoms with van der Waals surface area (Å²) in [6, 6.07) is 6.00. The summed E-state index contributed by atoms with van der Waals surface area (Å²) < 4.78 is 52.7.